The fourth-order valence-corrected chi connectivity index (χ4v) is 2.12. The Balaban J connectivity index is 2.62. The first-order valence-electron chi connectivity index (χ1n) is 5.16. The SMILES string of the molecule is C/C=C(\C=C/c1ccc(C)s1)CCC. The highest BCUT2D eigenvalue weighted by Crippen LogP contribution is 2.18. The highest BCUT2D eigenvalue weighted by atomic mass is 32.1. The molecule has 0 saturated heterocycles. The van der Waals surface area contributed by atoms with E-state index in [-0.39, 0.29) is 0 Å². The Kier molecular flexibility index (Phi) is 4.68. The van der Waals surface area contributed by atoms with Crippen molar-refractivity contribution in [3.05, 3.63) is 39.6 Å². The highest BCUT2D eigenvalue weighted by Gasteiger charge is 1.92. The number of allylic oxidation sites excluding steroid dienone is 3. The topological polar surface area (TPSA) is 0 Å². The van der Waals surface area contributed by atoms with Gasteiger partial charge in [0.15, 0.2) is 0 Å². The predicted molar refractivity (Wildman–Crippen MR) is 66.8 cm³/mol. The van der Waals surface area contributed by atoms with E-state index in [1.165, 1.54) is 28.2 Å². The molecule has 0 aliphatic heterocycles. The van der Waals surface area contributed by atoms with Gasteiger partial charge in [-0.25, -0.2) is 0 Å². The zero-order valence-corrected chi connectivity index (χ0v) is 10.0. The molecule has 0 atom stereocenters. The standard InChI is InChI=1S/C13H18S/c1-4-6-12(5-2)8-10-13-9-7-11(3)14-13/h5,7-10H,4,6H2,1-3H3/b10-8-,12-5-. The van der Waals surface area contributed by atoms with Crippen LogP contribution in [0.15, 0.2) is 29.9 Å². The molecule has 1 heterocycles. The van der Waals surface area contributed by atoms with Crippen molar-refractivity contribution in [1.29, 1.82) is 0 Å². The molecule has 0 amide bonds. The van der Waals surface area contributed by atoms with Crippen LogP contribution in [0.25, 0.3) is 6.08 Å². The molecule has 0 aliphatic carbocycles. The van der Waals surface area contributed by atoms with Crippen molar-refractivity contribution < 1.29 is 0 Å². The van der Waals surface area contributed by atoms with E-state index in [1.54, 1.807) is 0 Å². The third-order valence-electron chi connectivity index (χ3n) is 2.13. The van der Waals surface area contributed by atoms with Crippen molar-refractivity contribution in [3.8, 4) is 0 Å². The number of hydrogen-bond donors (Lipinski definition) is 0. The van der Waals surface area contributed by atoms with Crippen molar-refractivity contribution in [2.75, 3.05) is 0 Å². The molecule has 0 radical (unpaired) electrons. The minimum absolute atomic E-state index is 1.18. The molecule has 76 valence electrons. The van der Waals surface area contributed by atoms with Gasteiger partial charge in [-0.1, -0.05) is 31.1 Å². The van der Waals surface area contributed by atoms with Crippen LogP contribution in [0, 0.1) is 6.92 Å². The van der Waals surface area contributed by atoms with E-state index in [9.17, 15) is 0 Å². The van der Waals surface area contributed by atoms with Crippen molar-refractivity contribution in [2.24, 2.45) is 0 Å². The van der Waals surface area contributed by atoms with Crippen LogP contribution in [-0.4, -0.2) is 0 Å². The fraction of sp³-hybridized carbons (Fsp3) is 0.385. The van der Waals surface area contributed by atoms with Gasteiger partial charge in [0.05, 0.1) is 0 Å². The minimum Gasteiger partial charge on any atom is -0.141 e. The molecule has 0 saturated carbocycles. The summed E-state index contributed by atoms with van der Waals surface area (Å²) >= 11 is 1.84. The first-order chi connectivity index (χ1) is 6.76. The first-order valence-corrected chi connectivity index (χ1v) is 5.97. The van der Waals surface area contributed by atoms with E-state index in [2.05, 4.69) is 51.1 Å². The quantitative estimate of drug-likeness (QED) is 0.620. The number of hydrogen-bond acceptors (Lipinski definition) is 1. The van der Waals surface area contributed by atoms with Gasteiger partial charge < -0.3 is 0 Å². The summed E-state index contributed by atoms with van der Waals surface area (Å²) < 4.78 is 0. The second-order valence-electron chi connectivity index (χ2n) is 3.40. The van der Waals surface area contributed by atoms with Crippen molar-refractivity contribution >= 4 is 17.4 Å². The number of thiophene rings is 1. The highest BCUT2D eigenvalue weighted by molar-refractivity contribution is 7.12. The summed E-state index contributed by atoms with van der Waals surface area (Å²) in [4.78, 5) is 2.72. The van der Waals surface area contributed by atoms with E-state index in [4.69, 9.17) is 0 Å². The maximum Gasteiger partial charge on any atom is 0.0273 e. The summed E-state index contributed by atoms with van der Waals surface area (Å²) in [5.74, 6) is 0. The van der Waals surface area contributed by atoms with E-state index in [0.717, 1.165) is 0 Å². The zero-order valence-electron chi connectivity index (χ0n) is 9.21. The van der Waals surface area contributed by atoms with Crippen LogP contribution in [0.3, 0.4) is 0 Å². The van der Waals surface area contributed by atoms with Crippen molar-refractivity contribution in [3.63, 3.8) is 0 Å². The Bertz CT molecular complexity index is 329. The zero-order chi connectivity index (χ0) is 10.4. The molecular weight excluding hydrogens is 188 g/mol. The summed E-state index contributed by atoms with van der Waals surface area (Å²) in [6, 6.07) is 4.34. The third kappa shape index (κ3) is 3.51. The monoisotopic (exact) mass is 206 g/mol. The lowest BCUT2D eigenvalue weighted by Gasteiger charge is -1.96. The Labute approximate surface area is 91.0 Å². The Morgan fingerprint density at radius 3 is 2.71 bits per heavy atom. The average molecular weight is 206 g/mol. The minimum atomic E-state index is 1.18. The Hall–Kier alpha value is -0.820. The van der Waals surface area contributed by atoms with E-state index >= 15 is 0 Å². The summed E-state index contributed by atoms with van der Waals surface area (Å²) in [5.41, 5.74) is 1.43. The van der Waals surface area contributed by atoms with Crippen LogP contribution in [0.2, 0.25) is 0 Å². The lowest BCUT2D eigenvalue weighted by molar-refractivity contribution is 0.925. The average Bonchev–Trinajstić information content (AvgIpc) is 2.59. The summed E-state index contributed by atoms with van der Waals surface area (Å²) in [7, 11) is 0. The molecule has 1 aromatic rings. The second kappa shape index (κ2) is 5.82. The molecule has 0 fully saturated rings. The normalized spacial score (nSPS) is 12.6. The molecule has 1 heteroatoms. The van der Waals surface area contributed by atoms with Crippen molar-refractivity contribution in [2.45, 2.75) is 33.6 Å². The predicted octanol–water partition coefficient (Wildman–Crippen LogP) is 4.82. The van der Waals surface area contributed by atoms with Crippen LogP contribution in [0.4, 0.5) is 0 Å². The molecule has 14 heavy (non-hydrogen) atoms. The van der Waals surface area contributed by atoms with Gasteiger partial charge >= 0.3 is 0 Å². The van der Waals surface area contributed by atoms with Crippen LogP contribution in [0.5, 0.6) is 0 Å². The summed E-state index contributed by atoms with van der Waals surface area (Å²) in [6.07, 6.45) is 9.03. The summed E-state index contributed by atoms with van der Waals surface area (Å²) in [5, 5.41) is 0. The van der Waals surface area contributed by atoms with E-state index in [0.29, 0.717) is 0 Å². The molecule has 0 spiro atoms. The van der Waals surface area contributed by atoms with Crippen LogP contribution >= 0.6 is 11.3 Å². The van der Waals surface area contributed by atoms with Gasteiger partial charge in [-0.05, 0) is 38.5 Å². The first kappa shape index (κ1) is 11.3. The lowest BCUT2D eigenvalue weighted by atomic mass is 10.1. The van der Waals surface area contributed by atoms with Crippen molar-refractivity contribution in [1.82, 2.24) is 0 Å². The summed E-state index contributed by atoms with van der Waals surface area (Å²) in [6.45, 7) is 6.46. The number of aryl methyl sites for hydroxylation is 1. The third-order valence-corrected chi connectivity index (χ3v) is 3.10. The molecule has 1 aromatic heterocycles. The molecule has 0 unspecified atom stereocenters. The molecular formula is C13H18S. The number of rotatable bonds is 4. The maximum atomic E-state index is 2.23. The fourth-order valence-electron chi connectivity index (χ4n) is 1.34. The Morgan fingerprint density at radius 2 is 2.21 bits per heavy atom. The lowest BCUT2D eigenvalue weighted by Crippen LogP contribution is -1.75. The smallest absolute Gasteiger partial charge is 0.0273 e. The Morgan fingerprint density at radius 1 is 1.43 bits per heavy atom. The van der Waals surface area contributed by atoms with Gasteiger partial charge in [-0.3, -0.25) is 0 Å². The van der Waals surface area contributed by atoms with Gasteiger partial charge in [0.25, 0.3) is 0 Å². The van der Waals surface area contributed by atoms with E-state index < -0.39 is 0 Å². The van der Waals surface area contributed by atoms with Gasteiger partial charge in [0, 0.05) is 9.75 Å². The molecule has 0 N–H and O–H groups in total. The van der Waals surface area contributed by atoms with Gasteiger partial charge in [0.2, 0.25) is 0 Å². The van der Waals surface area contributed by atoms with Gasteiger partial charge in [0.1, 0.15) is 0 Å². The van der Waals surface area contributed by atoms with Crippen LogP contribution in [0.1, 0.15) is 36.4 Å². The van der Waals surface area contributed by atoms with Crippen LogP contribution in [-0.2, 0) is 0 Å². The second-order valence-corrected chi connectivity index (χ2v) is 4.71. The van der Waals surface area contributed by atoms with Gasteiger partial charge in [-0.15, -0.1) is 11.3 Å². The maximum absolute atomic E-state index is 2.23. The van der Waals surface area contributed by atoms with Gasteiger partial charge in [-0.2, -0.15) is 0 Å². The van der Waals surface area contributed by atoms with Crippen LogP contribution < -0.4 is 0 Å². The van der Waals surface area contributed by atoms with E-state index in [1.807, 2.05) is 11.3 Å². The molecule has 0 aromatic carbocycles. The molecule has 0 bridgehead atoms. The molecule has 0 aliphatic rings. The molecule has 1 rings (SSSR count). The largest absolute Gasteiger partial charge is 0.141 e. The molecule has 0 nitrogen and oxygen atoms in total.